The summed E-state index contributed by atoms with van der Waals surface area (Å²) in [6.45, 7) is 1.54. The van der Waals surface area contributed by atoms with Gasteiger partial charge in [-0.15, -0.1) is 0 Å². The molecule has 0 saturated carbocycles. The lowest BCUT2D eigenvalue weighted by Gasteiger charge is -2.26. The maximum absolute atomic E-state index is 12.3. The minimum absolute atomic E-state index is 0.0244. The zero-order valence-corrected chi connectivity index (χ0v) is 15.5. The van der Waals surface area contributed by atoms with Crippen LogP contribution in [-0.4, -0.2) is 24.6 Å². The Kier molecular flexibility index (Phi) is 6.47. The lowest BCUT2D eigenvalue weighted by Crippen LogP contribution is -2.36. The van der Waals surface area contributed by atoms with Crippen molar-refractivity contribution in [2.75, 3.05) is 6.61 Å². The van der Waals surface area contributed by atoms with E-state index in [1.807, 2.05) is 43.3 Å². The summed E-state index contributed by atoms with van der Waals surface area (Å²) in [5.74, 6) is -0.218. The molecule has 5 heteroatoms. The number of nitrogens with one attached hydrogen (secondary N) is 1. The van der Waals surface area contributed by atoms with Crippen LogP contribution in [0.4, 0.5) is 0 Å². The Morgan fingerprint density at radius 1 is 1.11 bits per heavy atom. The SMILES string of the molecule is CC[C@@H](Oc1ccccc1)C(=O)OCC(=O)N[C@H]1CCCc2ccccc21. The van der Waals surface area contributed by atoms with Gasteiger partial charge in [-0.3, -0.25) is 4.79 Å². The molecule has 0 fully saturated rings. The highest BCUT2D eigenvalue weighted by atomic mass is 16.6. The normalized spacial score (nSPS) is 16.7. The lowest BCUT2D eigenvalue weighted by molar-refractivity contribution is -0.155. The number of esters is 1. The van der Waals surface area contributed by atoms with E-state index in [0.29, 0.717) is 12.2 Å². The van der Waals surface area contributed by atoms with Crippen molar-refractivity contribution in [2.24, 2.45) is 0 Å². The predicted molar refractivity (Wildman–Crippen MR) is 102 cm³/mol. The Balaban J connectivity index is 1.50. The van der Waals surface area contributed by atoms with Gasteiger partial charge in [0.25, 0.3) is 5.91 Å². The zero-order chi connectivity index (χ0) is 19.1. The van der Waals surface area contributed by atoms with Gasteiger partial charge in [0.15, 0.2) is 12.7 Å². The number of rotatable bonds is 7. The van der Waals surface area contributed by atoms with Crippen LogP contribution in [0.2, 0.25) is 0 Å². The van der Waals surface area contributed by atoms with Gasteiger partial charge >= 0.3 is 5.97 Å². The Labute approximate surface area is 159 Å². The molecule has 0 aromatic heterocycles. The molecule has 142 valence electrons. The number of carbonyl (C=O) groups excluding carboxylic acids is 2. The van der Waals surface area contributed by atoms with Gasteiger partial charge in [0, 0.05) is 0 Å². The molecule has 0 saturated heterocycles. The fraction of sp³-hybridized carbons (Fsp3) is 0.364. The van der Waals surface area contributed by atoms with E-state index in [0.717, 1.165) is 24.8 Å². The van der Waals surface area contributed by atoms with E-state index in [2.05, 4.69) is 11.4 Å². The van der Waals surface area contributed by atoms with Gasteiger partial charge < -0.3 is 14.8 Å². The van der Waals surface area contributed by atoms with Crippen molar-refractivity contribution in [1.29, 1.82) is 0 Å². The number of hydrogen-bond acceptors (Lipinski definition) is 4. The summed E-state index contributed by atoms with van der Waals surface area (Å²) in [7, 11) is 0. The van der Waals surface area contributed by atoms with Crippen molar-refractivity contribution < 1.29 is 19.1 Å². The van der Waals surface area contributed by atoms with E-state index in [1.54, 1.807) is 12.1 Å². The van der Waals surface area contributed by atoms with Crippen LogP contribution < -0.4 is 10.1 Å². The molecule has 1 aliphatic rings. The number of benzene rings is 2. The van der Waals surface area contributed by atoms with E-state index in [-0.39, 0.29) is 18.6 Å². The summed E-state index contributed by atoms with van der Waals surface area (Å²) in [6, 6.07) is 17.2. The maximum atomic E-state index is 12.3. The van der Waals surface area contributed by atoms with Crippen molar-refractivity contribution in [2.45, 2.75) is 44.8 Å². The highest BCUT2D eigenvalue weighted by molar-refractivity contribution is 5.82. The van der Waals surface area contributed by atoms with E-state index in [9.17, 15) is 9.59 Å². The summed E-state index contributed by atoms with van der Waals surface area (Å²) < 4.78 is 10.8. The van der Waals surface area contributed by atoms with Crippen LogP contribution in [0.15, 0.2) is 54.6 Å². The van der Waals surface area contributed by atoms with Crippen molar-refractivity contribution in [3.63, 3.8) is 0 Å². The van der Waals surface area contributed by atoms with Gasteiger partial charge in [-0.1, -0.05) is 49.4 Å². The Hall–Kier alpha value is -2.82. The second-order valence-electron chi connectivity index (χ2n) is 6.65. The van der Waals surface area contributed by atoms with Crippen LogP contribution in [-0.2, 0) is 20.7 Å². The van der Waals surface area contributed by atoms with Gasteiger partial charge in [-0.25, -0.2) is 4.79 Å². The molecule has 27 heavy (non-hydrogen) atoms. The molecule has 0 radical (unpaired) electrons. The largest absolute Gasteiger partial charge is 0.479 e. The topological polar surface area (TPSA) is 64.6 Å². The van der Waals surface area contributed by atoms with Crippen molar-refractivity contribution in [3.05, 3.63) is 65.7 Å². The number of aryl methyl sites for hydroxylation is 1. The maximum Gasteiger partial charge on any atom is 0.347 e. The highest BCUT2D eigenvalue weighted by Gasteiger charge is 2.24. The summed E-state index contributed by atoms with van der Waals surface area (Å²) >= 11 is 0. The first-order valence-electron chi connectivity index (χ1n) is 9.43. The second kappa shape index (κ2) is 9.21. The highest BCUT2D eigenvalue weighted by Crippen LogP contribution is 2.29. The van der Waals surface area contributed by atoms with Crippen molar-refractivity contribution in [3.8, 4) is 5.75 Å². The Morgan fingerprint density at radius 3 is 2.63 bits per heavy atom. The van der Waals surface area contributed by atoms with E-state index >= 15 is 0 Å². The number of fused-ring (bicyclic) bond motifs is 1. The van der Waals surface area contributed by atoms with Crippen LogP contribution in [0.5, 0.6) is 5.75 Å². The first kappa shape index (κ1) is 19.0. The van der Waals surface area contributed by atoms with Gasteiger partial charge in [0.1, 0.15) is 5.75 Å². The Bertz CT molecular complexity index is 775. The molecule has 0 unspecified atom stereocenters. The van der Waals surface area contributed by atoms with Crippen LogP contribution in [0.25, 0.3) is 0 Å². The van der Waals surface area contributed by atoms with Gasteiger partial charge in [0.2, 0.25) is 0 Å². The fourth-order valence-corrected chi connectivity index (χ4v) is 3.33. The molecule has 3 rings (SSSR count). The van der Waals surface area contributed by atoms with Crippen LogP contribution in [0.1, 0.15) is 43.4 Å². The van der Waals surface area contributed by atoms with Crippen molar-refractivity contribution >= 4 is 11.9 Å². The van der Waals surface area contributed by atoms with Crippen molar-refractivity contribution in [1.82, 2.24) is 5.32 Å². The molecule has 0 heterocycles. The third-order valence-electron chi connectivity index (χ3n) is 4.71. The average molecular weight is 367 g/mol. The monoisotopic (exact) mass is 367 g/mol. The lowest BCUT2D eigenvalue weighted by atomic mass is 9.88. The van der Waals surface area contributed by atoms with E-state index in [1.165, 1.54) is 5.56 Å². The fourth-order valence-electron chi connectivity index (χ4n) is 3.33. The van der Waals surface area contributed by atoms with E-state index < -0.39 is 12.1 Å². The number of amides is 1. The minimum atomic E-state index is -0.726. The van der Waals surface area contributed by atoms with Crippen LogP contribution >= 0.6 is 0 Å². The molecular weight excluding hydrogens is 342 g/mol. The quantitative estimate of drug-likeness (QED) is 0.760. The molecule has 2 aromatic rings. The molecule has 0 spiro atoms. The standard InChI is InChI=1S/C22H25NO4/c1-2-20(27-17-11-4-3-5-12-17)22(25)26-15-21(24)23-19-14-8-10-16-9-6-7-13-18(16)19/h3-7,9,11-13,19-20H,2,8,10,14-15H2,1H3,(H,23,24)/t19-,20+/m0/s1. The zero-order valence-electron chi connectivity index (χ0n) is 15.5. The van der Waals surface area contributed by atoms with Crippen LogP contribution in [0.3, 0.4) is 0 Å². The molecule has 2 aromatic carbocycles. The summed E-state index contributed by atoms with van der Waals surface area (Å²) in [5.41, 5.74) is 2.43. The first-order valence-corrected chi connectivity index (χ1v) is 9.43. The van der Waals surface area contributed by atoms with Gasteiger partial charge in [0.05, 0.1) is 6.04 Å². The summed E-state index contributed by atoms with van der Waals surface area (Å²) in [6.07, 6.45) is 2.70. The number of carbonyl (C=O) groups is 2. The number of para-hydroxylation sites is 1. The smallest absolute Gasteiger partial charge is 0.347 e. The first-order chi connectivity index (χ1) is 13.2. The van der Waals surface area contributed by atoms with Crippen LogP contribution in [0, 0.1) is 0 Å². The molecule has 1 amide bonds. The molecule has 5 nitrogen and oxygen atoms in total. The Morgan fingerprint density at radius 2 is 1.85 bits per heavy atom. The molecule has 2 atom stereocenters. The molecular formula is C22H25NO4. The molecule has 0 bridgehead atoms. The molecule has 1 N–H and O–H groups in total. The van der Waals surface area contributed by atoms with Gasteiger partial charge in [-0.05, 0) is 48.9 Å². The minimum Gasteiger partial charge on any atom is -0.479 e. The number of hydrogen-bond donors (Lipinski definition) is 1. The molecule has 0 aliphatic heterocycles. The summed E-state index contributed by atoms with van der Waals surface area (Å²) in [4.78, 5) is 24.5. The average Bonchev–Trinajstić information content (AvgIpc) is 2.71. The van der Waals surface area contributed by atoms with Gasteiger partial charge in [-0.2, -0.15) is 0 Å². The summed E-state index contributed by atoms with van der Waals surface area (Å²) in [5, 5.41) is 2.98. The predicted octanol–water partition coefficient (Wildman–Crippen LogP) is 3.58. The second-order valence-corrected chi connectivity index (χ2v) is 6.65. The third-order valence-corrected chi connectivity index (χ3v) is 4.71. The number of ether oxygens (including phenoxy) is 2. The van der Waals surface area contributed by atoms with E-state index in [4.69, 9.17) is 9.47 Å². The molecule has 1 aliphatic carbocycles. The third kappa shape index (κ3) is 5.09.